The van der Waals surface area contributed by atoms with Gasteiger partial charge in [-0.05, 0) is 37.3 Å². The van der Waals surface area contributed by atoms with Gasteiger partial charge in [0.2, 0.25) is 0 Å². The molecule has 0 atom stereocenters. The number of hydrogen-bond donors (Lipinski definition) is 2. The summed E-state index contributed by atoms with van der Waals surface area (Å²) in [5.74, 6) is -0.349. The Morgan fingerprint density at radius 3 is 2.85 bits per heavy atom. The van der Waals surface area contributed by atoms with Crippen LogP contribution < -0.4 is 10.6 Å². The Kier molecular flexibility index (Phi) is 4.68. The number of hydrogen-bond acceptors (Lipinski definition) is 3. The third-order valence-corrected chi connectivity index (χ3v) is 3.01. The maximum absolute atomic E-state index is 13.6. The molecule has 2 N–H and O–H groups in total. The van der Waals surface area contributed by atoms with E-state index in [4.69, 9.17) is 0 Å². The Balaban J connectivity index is 2.17. The fraction of sp³-hybridized carbons (Fsp3) is 0.143. The van der Waals surface area contributed by atoms with Gasteiger partial charge in [-0.2, -0.15) is 0 Å². The first-order valence-electron chi connectivity index (χ1n) is 6.07. The lowest BCUT2D eigenvalue weighted by Crippen LogP contribution is -2.15. The third-order valence-electron chi connectivity index (χ3n) is 2.52. The van der Waals surface area contributed by atoms with Gasteiger partial charge in [0.1, 0.15) is 17.3 Å². The van der Waals surface area contributed by atoms with E-state index in [2.05, 4.69) is 31.5 Å². The molecule has 1 aromatic heterocycles. The molecule has 4 nitrogen and oxygen atoms in total. The van der Waals surface area contributed by atoms with E-state index in [1.54, 1.807) is 24.3 Å². The largest absolute Gasteiger partial charge is 0.370 e. The Morgan fingerprint density at radius 2 is 2.15 bits per heavy atom. The quantitative estimate of drug-likeness (QED) is 0.894. The molecule has 0 unspecified atom stereocenters. The van der Waals surface area contributed by atoms with Crippen LogP contribution in [0.4, 0.5) is 15.9 Å². The zero-order chi connectivity index (χ0) is 14.5. The SMILES string of the molecule is CCNc1cccc(C(=O)Nc2ccc(Br)cc2F)n1. The van der Waals surface area contributed by atoms with Crippen molar-refractivity contribution in [2.45, 2.75) is 6.92 Å². The molecule has 1 heterocycles. The lowest BCUT2D eigenvalue weighted by molar-refractivity contribution is 0.102. The van der Waals surface area contributed by atoms with Gasteiger partial charge in [0, 0.05) is 11.0 Å². The number of pyridine rings is 1. The van der Waals surface area contributed by atoms with Crippen molar-refractivity contribution in [1.82, 2.24) is 4.98 Å². The minimum atomic E-state index is -0.504. The lowest BCUT2D eigenvalue weighted by Gasteiger charge is -2.08. The van der Waals surface area contributed by atoms with Crippen LogP contribution in [-0.4, -0.2) is 17.4 Å². The number of nitrogens with one attached hydrogen (secondary N) is 2. The van der Waals surface area contributed by atoms with Gasteiger partial charge in [0.25, 0.3) is 5.91 Å². The van der Waals surface area contributed by atoms with Crippen molar-refractivity contribution in [3.05, 3.63) is 52.4 Å². The first kappa shape index (κ1) is 14.5. The van der Waals surface area contributed by atoms with Crippen LogP contribution in [0.5, 0.6) is 0 Å². The van der Waals surface area contributed by atoms with Crippen molar-refractivity contribution in [3.63, 3.8) is 0 Å². The van der Waals surface area contributed by atoms with Crippen LogP contribution in [0.2, 0.25) is 0 Å². The van der Waals surface area contributed by atoms with Crippen molar-refractivity contribution in [2.24, 2.45) is 0 Å². The fourth-order valence-electron chi connectivity index (χ4n) is 1.62. The molecule has 0 aliphatic rings. The third kappa shape index (κ3) is 3.54. The van der Waals surface area contributed by atoms with Crippen LogP contribution in [-0.2, 0) is 0 Å². The highest BCUT2D eigenvalue weighted by Gasteiger charge is 2.11. The molecular formula is C14H13BrFN3O. The molecule has 0 fully saturated rings. The summed E-state index contributed by atoms with van der Waals surface area (Å²) in [5, 5.41) is 5.51. The monoisotopic (exact) mass is 337 g/mol. The van der Waals surface area contributed by atoms with Gasteiger partial charge < -0.3 is 10.6 Å². The van der Waals surface area contributed by atoms with Crippen molar-refractivity contribution in [1.29, 1.82) is 0 Å². The van der Waals surface area contributed by atoms with Crippen molar-refractivity contribution in [2.75, 3.05) is 17.2 Å². The number of anilines is 2. The lowest BCUT2D eigenvalue weighted by atomic mass is 10.2. The van der Waals surface area contributed by atoms with Crippen LogP contribution in [0.3, 0.4) is 0 Å². The van der Waals surface area contributed by atoms with E-state index in [-0.39, 0.29) is 11.4 Å². The molecule has 104 valence electrons. The van der Waals surface area contributed by atoms with Gasteiger partial charge in [0.15, 0.2) is 0 Å². The molecule has 0 aliphatic carbocycles. The topological polar surface area (TPSA) is 54.0 Å². The molecule has 1 amide bonds. The average molecular weight is 338 g/mol. The van der Waals surface area contributed by atoms with E-state index in [0.29, 0.717) is 16.8 Å². The van der Waals surface area contributed by atoms with E-state index in [9.17, 15) is 9.18 Å². The summed E-state index contributed by atoms with van der Waals surface area (Å²) >= 11 is 3.16. The van der Waals surface area contributed by atoms with Crippen LogP contribution >= 0.6 is 15.9 Å². The summed E-state index contributed by atoms with van der Waals surface area (Å²) in [6.45, 7) is 2.64. The number of aromatic nitrogens is 1. The molecule has 20 heavy (non-hydrogen) atoms. The number of carbonyl (C=O) groups excluding carboxylic acids is 1. The molecular weight excluding hydrogens is 325 g/mol. The van der Waals surface area contributed by atoms with Gasteiger partial charge >= 0.3 is 0 Å². The minimum Gasteiger partial charge on any atom is -0.370 e. The molecule has 0 radical (unpaired) electrons. The zero-order valence-corrected chi connectivity index (χ0v) is 12.4. The first-order chi connectivity index (χ1) is 9.60. The highest BCUT2D eigenvalue weighted by Crippen LogP contribution is 2.20. The summed E-state index contributed by atoms with van der Waals surface area (Å²) in [7, 11) is 0. The predicted molar refractivity (Wildman–Crippen MR) is 80.5 cm³/mol. The van der Waals surface area contributed by atoms with E-state index in [1.807, 2.05) is 6.92 Å². The molecule has 0 spiro atoms. The van der Waals surface area contributed by atoms with Crippen LogP contribution in [0, 0.1) is 5.82 Å². The molecule has 0 saturated heterocycles. The second-order valence-electron chi connectivity index (χ2n) is 4.02. The summed E-state index contributed by atoms with van der Waals surface area (Å²) in [6.07, 6.45) is 0. The fourth-order valence-corrected chi connectivity index (χ4v) is 1.95. The second-order valence-corrected chi connectivity index (χ2v) is 4.93. The first-order valence-corrected chi connectivity index (χ1v) is 6.87. The predicted octanol–water partition coefficient (Wildman–Crippen LogP) is 3.67. The summed E-state index contributed by atoms with van der Waals surface area (Å²) in [6, 6.07) is 9.50. The van der Waals surface area contributed by atoms with Crippen LogP contribution in [0.1, 0.15) is 17.4 Å². The van der Waals surface area contributed by atoms with Gasteiger partial charge in [0.05, 0.1) is 5.69 Å². The summed E-state index contributed by atoms with van der Waals surface area (Å²) in [5.41, 5.74) is 0.347. The number of benzene rings is 1. The van der Waals surface area contributed by atoms with Gasteiger partial charge in [-0.25, -0.2) is 9.37 Å². The second kappa shape index (κ2) is 6.47. The molecule has 1 aromatic carbocycles. The van der Waals surface area contributed by atoms with Gasteiger partial charge in [-0.3, -0.25) is 4.79 Å². The molecule has 2 rings (SSSR count). The van der Waals surface area contributed by atoms with E-state index in [0.717, 1.165) is 0 Å². The minimum absolute atomic E-state index is 0.119. The molecule has 0 aliphatic heterocycles. The van der Waals surface area contributed by atoms with Crippen LogP contribution in [0.15, 0.2) is 40.9 Å². The van der Waals surface area contributed by atoms with Crippen molar-refractivity contribution >= 4 is 33.3 Å². The number of rotatable bonds is 4. The Morgan fingerprint density at radius 1 is 1.35 bits per heavy atom. The number of amides is 1. The Bertz CT molecular complexity index is 634. The standard InChI is InChI=1S/C14H13BrFN3O/c1-2-17-13-5-3-4-12(18-13)14(20)19-11-7-6-9(15)8-10(11)16/h3-8H,2H2,1H3,(H,17,18)(H,19,20). The highest BCUT2D eigenvalue weighted by atomic mass is 79.9. The van der Waals surface area contributed by atoms with E-state index >= 15 is 0 Å². The summed E-state index contributed by atoms with van der Waals surface area (Å²) in [4.78, 5) is 16.2. The Labute approximate surface area is 124 Å². The highest BCUT2D eigenvalue weighted by molar-refractivity contribution is 9.10. The maximum Gasteiger partial charge on any atom is 0.274 e. The normalized spacial score (nSPS) is 10.2. The van der Waals surface area contributed by atoms with Crippen LogP contribution in [0.25, 0.3) is 0 Å². The molecule has 0 saturated carbocycles. The zero-order valence-electron chi connectivity index (χ0n) is 10.8. The summed E-state index contributed by atoms with van der Waals surface area (Å²) < 4.78 is 14.3. The molecule has 2 aromatic rings. The van der Waals surface area contributed by atoms with Gasteiger partial charge in [-0.1, -0.05) is 22.0 Å². The maximum atomic E-state index is 13.6. The molecule has 6 heteroatoms. The van der Waals surface area contributed by atoms with Crippen molar-refractivity contribution < 1.29 is 9.18 Å². The number of carbonyl (C=O) groups is 1. The van der Waals surface area contributed by atoms with Gasteiger partial charge in [-0.15, -0.1) is 0 Å². The average Bonchev–Trinajstić information content (AvgIpc) is 2.42. The van der Waals surface area contributed by atoms with E-state index in [1.165, 1.54) is 12.1 Å². The van der Waals surface area contributed by atoms with Crippen molar-refractivity contribution in [3.8, 4) is 0 Å². The number of nitrogens with zero attached hydrogens (tertiary/aromatic N) is 1. The smallest absolute Gasteiger partial charge is 0.274 e. The molecule has 0 bridgehead atoms. The Hall–Kier alpha value is -1.95. The number of halogens is 2. The van der Waals surface area contributed by atoms with E-state index < -0.39 is 11.7 Å².